The van der Waals surface area contributed by atoms with Gasteiger partial charge in [0, 0.05) is 11.3 Å². The monoisotopic (exact) mass is 284 g/mol. The van der Waals surface area contributed by atoms with Gasteiger partial charge >= 0.3 is 5.97 Å². The average Bonchev–Trinajstić information content (AvgIpc) is 2.55. The number of carbonyl (C=O) groups is 2. The van der Waals surface area contributed by atoms with Crippen molar-refractivity contribution in [2.75, 3.05) is 12.4 Å². The first-order valence-corrected chi connectivity index (χ1v) is 6.86. The van der Waals surface area contributed by atoms with Crippen LogP contribution >= 0.6 is 11.3 Å². The Hall–Kier alpha value is -1.43. The number of methoxy groups -OCH3 is 1. The van der Waals surface area contributed by atoms with Crippen LogP contribution in [-0.4, -0.2) is 24.0 Å². The van der Waals surface area contributed by atoms with E-state index in [0.717, 1.165) is 10.6 Å². The first-order valence-electron chi connectivity index (χ1n) is 6.04. The fourth-order valence-corrected chi connectivity index (χ4v) is 2.46. The van der Waals surface area contributed by atoms with Crippen molar-refractivity contribution in [3.63, 3.8) is 0 Å². The van der Waals surface area contributed by atoms with Gasteiger partial charge in [-0.15, -0.1) is 11.3 Å². The summed E-state index contributed by atoms with van der Waals surface area (Å²) in [4.78, 5) is 28.1. The molecule has 0 unspecified atom stereocenters. The van der Waals surface area contributed by atoms with Gasteiger partial charge in [-0.2, -0.15) is 0 Å². The van der Waals surface area contributed by atoms with E-state index in [-0.39, 0.29) is 23.7 Å². The van der Waals surface area contributed by atoms with E-state index in [0.29, 0.717) is 11.6 Å². The number of esters is 1. The summed E-state index contributed by atoms with van der Waals surface area (Å²) < 4.78 is 4.62. The van der Waals surface area contributed by atoms with E-state index in [4.69, 9.17) is 0 Å². The van der Waals surface area contributed by atoms with E-state index in [1.54, 1.807) is 0 Å². The molecule has 1 heterocycles. The van der Waals surface area contributed by atoms with Crippen molar-refractivity contribution in [3.8, 4) is 0 Å². The second-order valence-electron chi connectivity index (χ2n) is 5.57. The van der Waals surface area contributed by atoms with Crippen LogP contribution in [0.1, 0.15) is 37.8 Å². The number of thiazole rings is 1. The maximum absolute atomic E-state index is 11.8. The molecule has 19 heavy (non-hydrogen) atoms. The maximum Gasteiger partial charge on any atom is 0.310 e. The summed E-state index contributed by atoms with van der Waals surface area (Å²) >= 11 is 1.31. The number of nitrogens with one attached hydrogen (secondary N) is 1. The Kier molecular flexibility index (Phi) is 5.05. The van der Waals surface area contributed by atoms with Crippen molar-refractivity contribution in [2.24, 2.45) is 5.41 Å². The third-order valence-corrected chi connectivity index (χ3v) is 3.44. The van der Waals surface area contributed by atoms with Gasteiger partial charge < -0.3 is 10.1 Å². The molecule has 0 aromatic carbocycles. The predicted molar refractivity (Wildman–Crippen MR) is 75.3 cm³/mol. The third-order valence-electron chi connectivity index (χ3n) is 2.36. The van der Waals surface area contributed by atoms with Crippen molar-refractivity contribution in [3.05, 3.63) is 10.6 Å². The number of carbonyl (C=O) groups excluding carboxylic acids is 2. The second kappa shape index (κ2) is 6.14. The minimum absolute atomic E-state index is 0.0640. The highest BCUT2D eigenvalue weighted by Crippen LogP contribution is 2.25. The number of rotatable bonds is 4. The molecule has 0 fully saturated rings. The first kappa shape index (κ1) is 15.6. The molecule has 1 aromatic rings. The summed E-state index contributed by atoms with van der Waals surface area (Å²) in [5.41, 5.74) is 0.687. The first-order chi connectivity index (χ1) is 8.71. The van der Waals surface area contributed by atoms with E-state index in [9.17, 15) is 9.59 Å². The lowest BCUT2D eigenvalue weighted by atomic mass is 9.92. The third kappa shape index (κ3) is 5.38. The smallest absolute Gasteiger partial charge is 0.310 e. The summed E-state index contributed by atoms with van der Waals surface area (Å²) in [5, 5.41) is 3.30. The van der Waals surface area contributed by atoms with Crippen molar-refractivity contribution in [1.29, 1.82) is 0 Å². The molecule has 106 valence electrons. The van der Waals surface area contributed by atoms with Crippen molar-refractivity contribution in [2.45, 2.75) is 40.5 Å². The number of aromatic nitrogens is 1. The summed E-state index contributed by atoms with van der Waals surface area (Å²) in [7, 11) is 1.35. The quantitative estimate of drug-likeness (QED) is 0.863. The highest BCUT2D eigenvalue weighted by Gasteiger charge is 2.18. The molecule has 0 radical (unpaired) electrons. The van der Waals surface area contributed by atoms with Crippen LogP contribution < -0.4 is 5.32 Å². The SMILES string of the molecule is COC(=O)Cc1sc(NC(=O)CC(C)(C)C)nc1C. The lowest BCUT2D eigenvalue weighted by Gasteiger charge is -2.16. The number of anilines is 1. The minimum atomic E-state index is -0.306. The number of hydrogen-bond donors (Lipinski definition) is 1. The van der Waals surface area contributed by atoms with Gasteiger partial charge in [-0.25, -0.2) is 4.98 Å². The highest BCUT2D eigenvalue weighted by atomic mass is 32.1. The standard InChI is InChI=1S/C13H20N2O3S/c1-8-9(6-11(17)18-5)19-12(14-8)15-10(16)7-13(2,3)4/h6-7H2,1-5H3,(H,14,15,16). The predicted octanol–water partition coefficient (Wildman–Crippen LogP) is 2.54. The Morgan fingerprint density at radius 2 is 2.00 bits per heavy atom. The Morgan fingerprint density at radius 1 is 1.37 bits per heavy atom. The molecule has 0 aliphatic carbocycles. The van der Waals surface area contributed by atoms with Gasteiger partial charge in [-0.1, -0.05) is 20.8 Å². The van der Waals surface area contributed by atoms with E-state index >= 15 is 0 Å². The Balaban J connectivity index is 2.68. The van der Waals surface area contributed by atoms with Gasteiger partial charge in [0.25, 0.3) is 0 Å². The molecule has 6 heteroatoms. The normalized spacial score (nSPS) is 11.2. The molecule has 0 spiro atoms. The average molecular weight is 284 g/mol. The highest BCUT2D eigenvalue weighted by molar-refractivity contribution is 7.16. The van der Waals surface area contributed by atoms with Crippen LogP contribution in [0.2, 0.25) is 0 Å². The number of aryl methyl sites for hydroxylation is 1. The molecule has 0 aliphatic heterocycles. The summed E-state index contributed by atoms with van der Waals surface area (Å²) in [6.07, 6.45) is 0.618. The van der Waals surface area contributed by atoms with Crippen LogP contribution in [-0.2, 0) is 20.7 Å². The molecule has 1 amide bonds. The van der Waals surface area contributed by atoms with Gasteiger partial charge in [-0.05, 0) is 12.3 Å². The lowest BCUT2D eigenvalue weighted by molar-refractivity contribution is -0.139. The van der Waals surface area contributed by atoms with E-state index in [2.05, 4.69) is 15.0 Å². The van der Waals surface area contributed by atoms with Gasteiger partial charge in [0.05, 0.1) is 19.2 Å². The molecule has 0 atom stereocenters. The zero-order chi connectivity index (χ0) is 14.6. The van der Waals surface area contributed by atoms with Crippen LogP contribution in [0.15, 0.2) is 0 Å². The van der Waals surface area contributed by atoms with Crippen LogP contribution in [0, 0.1) is 12.3 Å². The van der Waals surface area contributed by atoms with Crippen molar-refractivity contribution >= 4 is 28.3 Å². The lowest BCUT2D eigenvalue weighted by Crippen LogP contribution is -2.19. The Bertz CT molecular complexity index is 475. The Morgan fingerprint density at radius 3 is 2.53 bits per heavy atom. The second-order valence-corrected chi connectivity index (χ2v) is 6.65. The molecular weight excluding hydrogens is 264 g/mol. The van der Waals surface area contributed by atoms with Gasteiger partial charge in [0.1, 0.15) is 0 Å². The van der Waals surface area contributed by atoms with Gasteiger partial charge in [0.15, 0.2) is 5.13 Å². The van der Waals surface area contributed by atoms with E-state index in [1.807, 2.05) is 27.7 Å². The summed E-state index contributed by atoms with van der Waals surface area (Å²) in [5.74, 6) is -0.370. The van der Waals surface area contributed by atoms with E-state index < -0.39 is 0 Å². The van der Waals surface area contributed by atoms with Crippen molar-refractivity contribution < 1.29 is 14.3 Å². The van der Waals surface area contributed by atoms with Crippen LogP contribution in [0.3, 0.4) is 0 Å². The van der Waals surface area contributed by atoms with Crippen LogP contribution in [0.4, 0.5) is 5.13 Å². The fraction of sp³-hybridized carbons (Fsp3) is 0.615. The number of hydrogen-bond acceptors (Lipinski definition) is 5. The molecule has 5 nitrogen and oxygen atoms in total. The molecular formula is C13H20N2O3S. The van der Waals surface area contributed by atoms with Crippen LogP contribution in [0.5, 0.6) is 0 Å². The molecule has 1 rings (SSSR count). The number of nitrogens with zero attached hydrogens (tertiary/aromatic N) is 1. The number of ether oxygens (including phenoxy) is 1. The van der Waals surface area contributed by atoms with Crippen LogP contribution in [0.25, 0.3) is 0 Å². The van der Waals surface area contributed by atoms with Gasteiger partial charge in [-0.3, -0.25) is 9.59 Å². The zero-order valence-corrected chi connectivity index (χ0v) is 12.8. The molecule has 0 aliphatic rings. The number of amides is 1. The zero-order valence-electron chi connectivity index (χ0n) is 12.0. The maximum atomic E-state index is 11.8. The molecule has 0 bridgehead atoms. The largest absolute Gasteiger partial charge is 0.469 e. The van der Waals surface area contributed by atoms with Crippen molar-refractivity contribution in [1.82, 2.24) is 4.98 Å². The fourth-order valence-electron chi connectivity index (χ4n) is 1.49. The summed E-state index contributed by atoms with van der Waals surface area (Å²) in [6, 6.07) is 0. The Labute approximate surface area is 117 Å². The topological polar surface area (TPSA) is 68.3 Å². The molecule has 0 saturated heterocycles. The summed E-state index contributed by atoms with van der Waals surface area (Å²) in [6.45, 7) is 7.82. The molecule has 1 N–H and O–H groups in total. The molecule has 0 saturated carbocycles. The van der Waals surface area contributed by atoms with E-state index in [1.165, 1.54) is 18.4 Å². The molecule has 1 aromatic heterocycles. The van der Waals surface area contributed by atoms with Gasteiger partial charge in [0.2, 0.25) is 5.91 Å². The minimum Gasteiger partial charge on any atom is -0.469 e.